The minimum Gasteiger partial charge on any atom is -0.394 e. The van der Waals surface area contributed by atoms with E-state index in [1.165, 1.54) is 0 Å². The van der Waals surface area contributed by atoms with Crippen LogP contribution in [-0.2, 0) is 4.79 Å². The summed E-state index contributed by atoms with van der Waals surface area (Å²) in [6.45, 7) is 1.65. The molecule has 0 aliphatic rings. The van der Waals surface area contributed by atoms with E-state index in [4.69, 9.17) is 16.7 Å². The van der Waals surface area contributed by atoms with E-state index in [2.05, 4.69) is 5.32 Å². The Hall–Kier alpha value is -0.280. The first-order valence-corrected chi connectivity index (χ1v) is 3.20. The lowest BCUT2D eigenvalue weighted by Crippen LogP contribution is -2.35. The van der Waals surface area contributed by atoms with Gasteiger partial charge in [0.15, 0.2) is 0 Å². The van der Waals surface area contributed by atoms with Gasteiger partial charge in [0.1, 0.15) is 5.88 Å². The molecule has 9 heavy (non-hydrogen) atoms. The molecule has 2 N–H and O–H groups in total. The average Bonchev–Trinajstić information content (AvgIpc) is 1.87. The largest absolute Gasteiger partial charge is 0.394 e. The van der Waals surface area contributed by atoms with E-state index in [0.29, 0.717) is 0 Å². The van der Waals surface area contributed by atoms with Gasteiger partial charge < -0.3 is 10.4 Å². The molecular weight excluding hydrogens is 142 g/mol. The van der Waals surface area contributed by atoms with Crippen LogP contribution in [0.4, 0.5) is 0 Å². The Morgan fingerprint density at radius 1 is 1.89 bits per heavy atom. The third-order valence-corrected chi connectivity index (χ3v) is 1.05. The van der Waals surface area contributed by atoms with Gasteiger partial charge in [-0.25, -0.2) is 0 Å². The van der Waals surface area contributed by atoms with Crippen molar-refractivity contribution in [2.75, 3.05) is 12.5 Å². The van der Waals surface area contributed by atoms with E-state index in [0.717, 1.165) is 0 Å². The molecule has 0 aliphatic heterocycles. The number of nitrogens with one attached hydrogen (secondary N) is 1. The van der Waals surface area contributed by atoms with E-state index in [1.807, 2.05) is 0 Å². The molecule has 0 aromatic heterocycles. The highest BCUT2D eigenvalue weighted by Gasteiger charge is 2.02. The second kappa shape index (κ2) is 4.58. The number of amides is 1. The first-order chi connectivity index (χ1) is 4.20. The average molecular weight is 152 g/mol. The molecule has 0 heterocycles. The third kappa shape index (κ3) is 4.24. The lowest BCUT2D eigenvalue weighted by Gasteiger charge is -2.07. The van der Waals surface area contributed by atoms with Crippen LogP contribution in [-0.4, -0.2) is 29.5 Å². The van der Waals surface area contributed by atoms with Gasteiger partial charge in [0, 0.05) is 6.04 Å². The van der Waals surface area contributed by atoms with Crippen LogP contribution >= 0.6 is 11.6 Å². The van der Waals surface area contributed by atoms with Gasteiger partial charge in [0.05, 0.1) is 6.61 Å². The highest BCUT2D eigenvalue weighted by molar-refractivity contribution is 6.27. The monoisotopic (exact) mass is 151 g/mol. The van der Waals surface area contributed by atoms with Crippen LogP contribution in [0.15, 0.2) is 0 Å². The predicted octanol–water partition coefficient (Wildman–Crippen LogP) is -0.278. The molecule has 1 amide bonds. The standard InChI is InChI=1S/C5H10ClNO2/c1-4(3-8)7-5(9)2-6/h4,8H,2-3H2,1H3,(H,7,9)/t4-/m1/s1. The Balaban J connectivity index is 3.34. The van der Waals surface area contributed by atoms with Crippen LogP contribution in [0.25, 0.3) is 0 Å². The maximum absolute atomic E-state index is 10.4. The smallest absolute Gasteiger partial charge is 0.235 e. The summed E-state index contributed by atoms with van der Waals surface area (Å²) in [5.74, 6) is -0.303. The quantitative estimate of drug-likeness (QED) is 0.546. The number of hydrogen-bond donors (Lipinski definition) is 2. The Morgan fingerprint density at radius 2 is 2.44 bits per heavy atom. The predicted molar refractivity (Wildman–Crippen MR) is 35.4 cm³/mol. The second-order valence-corrected chi connectivity index (χ2v) is 2.05. The van der Waals surface area contributed by atoms with Gasteiger partial charge in [0.2, 0.25) is 5.91 Å². The topological polar surface area (TPSA) is 49.3 Å². The summed E-state index contributed by atoms with van der Waals surface area (Å²) in [4.78, 5) is 10.4. The van der Waals surface area contributed by atoms with Crippen LogP contribution in [0.3, 0.4) is 0 Å². The molecule has 0 aromatic carbocycles. The molecule has 0 saturated carbocycles. The number of alkyl halides is 1. The lowest BCUT2D eigenvalue weighted by molar-refractivity contribution is -0.119. The molecule has 0 aromatic rings. The van der Waals surface area contributed by atoms with Gasteiger partial charge in [0.25, 0.3) is 0 Å². The molecule has 0 rings (SSSR count). The van der Waals surface area contributed by atoms with Crippen molar-refractivity contribution in [3.8, 4) is 0 Å². The van der Waals surface area contributed by atoms with Crippen molar-refractivity contribution in [2.45, 2.75) is 13.0 Å². The van der Waals surface area contributed by atoms with Crippen molar-refractivity contribution >= 4 is 17.5 Å². The zero-order chi connectivity index (χ0) is 7.28. The summed E-state index contributed by atoms with van der Waals surface area (Å²) < 4.78 is 0. The number of aliphatic hydroxyl groups excluding tert-OH is 1. The minimum atomic E-state index is -0.252. The molecule has 0 bridgehead atoms. The Bertz CT molecular complexity index is 97.0. The maximum Gasteiger partial charge on any atom is 0.235 e. The molecule has 0 aliphatic carbocycles. The Labute approximate surface area is 59.0 Å². The van der Waals surface area contributed by atoms with Crippen LogP contribution in [0.1, 0.15) is 6.92 Å². The number of halogens is 1. The molecule has 0 radical (unpaired) electrons. The number of carbonyl (C=O) groups is 1. The normalized spacial score (nSPS) is 12.8. The fourth-order valence-corrected chi connectivity index (χ4v) is 0.436. The van der Waals surface area contributed by atoms with Gasteiger partial charge >= 0.3 is 0 Å². The Morgan fingerprint density at radius 3 is 2.78 bits per heavy atom. The van der Waals surface area contributed by atoms with Crippen LogP contribution in [0, 0.1) is 0 Å². The summed E-state index contributed by atoms with van der Waals surface area (Å²) in [5, 5.41) is 10.9. The molecule has 1 atom stereocenters. The van der Waals surface area contributed by atoms with Crippen LogP contribution in [0.5, 0.6) is 0 Å². The number of aliphatic hydroxyl groups is 1. The molecule has 54 valence electrons. The second-order valence-electron chi connectivity index (χ2n) is 1.78. The minimum absolute atomic E-state index is 0.0513. The van der Waals surface area contributed by atoms with Gasteiger partial charge in [-0.1, -0.05) is 0 Å². The van der Waals surface area contributed by atoms with Gasteiger partial charge in [-0.15, -0.1) is 11.6 Å². The van der Waals surface area contributed by atoms with E-state index >= 15 is 0 Å². The molecule has 0 saturated heterocycles. The highest BCUT2D eigenvalue weighted by Crippen LogP contribution is 1.80. The summed E-state index contributed by atoms with van der Waals surface area (Å²) in [7, 11) is 0. The van der Waals surface area contributed by atoms with Gasteiger partial charge in [-0.2, -0.15) is 0 Å². The molecule has 4 heteroatoms. The van der Waals surface area contributed by atoms with Crippen molar-refractivity contribution in [3.05, 3.63) is 0 Å². The van der Waals surface area contributed by atoms with Crippen LogP contribution < -0.4 is 5.32 Å². The molecule has 0 spiro atoms. The van der Waals surface area contributed by atoms with Crippen LogP contribution in [0.2, 0.25) is 0 Å². The van der Waals surface area contributed by atoms with Crippen molar-refractivity contribution in [2.24, 2.45) is 0 Å². The van der Waals surface area contributed by atoms with Crippen molar-refractivity contribution in [1.82, 2.24) is 5.32 Å². The molecule has 0 fully saturated rings. The van der Waals surface area contributed by atoms with Crippen molar-refractivity contribution in [1.29, 1.82) is 0 Å². The van der Waals surface area contributed by atoms with E-state index in [1.54, 1.807) is 6.92 Å². The van der Waals surface area contributed by atoms with Gasteiger partial charge in [-0.05, 0) is 6.92 Å². The summed E-state index contributed by atoms with van der Waals surface area (Å²) in [6.07, 6.45) is 0. The summed E-state index contributed by atoms with van der Waals surface area (Å²) >= 11 is 5.16. The SMILES string of the molecule is C[C@H](CO)NC(=O)CCl. The molecule has 0 unspecified atom stereocenters. The highest BCUT2D eigenvalue weighted by atomic mass is 35.5. The molecular formula is C5H10ClNO2. The first-order valence-electron chi connectivity index (χ1n) is 2.67. The fraction of sp³-hybridized carbons (Fsp3) is 0.800. The zero-order valence-corrected chi connectivity index (χ0v) is 5.98. The van der Waals surface area contributed by atoms with Gasteiger partial charge in [-0.3, -0.25) is 4.79 Å². The summed E-state index contributed by atoms with van der Waals surface area (Å²) in [5.41, 5.74) is 0. The van der Waals surface area contributed by atoms with Crippen molar-refractivity contribution < 1.29 is 9.90 Å². The van der Waals surface area contributed by atoms with E-state index < -0.39 is 0 Å². The number of rotatable bonds is 3. The molecule has 3 nitrogen and oxygen atoms in total. The van der Waals surface area contributed by atoms with E-state index in [9.17, 15) is 4.79 Å². The zero-order valence-electron chi connectivity index (χ0n) is 5.22. The van der Waals surface area contributed by atoms with Crippen molar-refractivity contribution in [3.63, 3.8) is 0 Å². The maximum atomic E-state index is 10.4. The van der Waals surface area contributed by atoms with E-state index in [-0.39, 0.29) is 24.4 Å². The fourth-order valence-electron chi connectivity index (χ4n) is 0.359. The third-order valence-electron chi connectivity index (χ3n) is 0.803. The lowest BCUT2D eigenvalue weighted by atomic mass is 10.4. The number of carbonyl (C=O) groups excluding carboxylic acids is 1. The summed E-state index contributed by atoms with van der Waals surface area (Å²) in [6, 6.07) is -0.198. The number of hydrogen-bond acceptors (Lipinski definition) is 2. The Kier molecular flexibility index (Phi) is 4.44. The first kappa shape index (κ1) is 8.72.